The van der Waals surface area contributed by atoms with Crippen LogP contribution in [0.2, 0.25) is 10.0 Å². The van der Waals surface area contributed by atoms with Gasteiger partial charge in [-0.05, 0) is 66.2 Å². The summed E-state index contributed by atoms with van der Waals surface area (Å²) in [5.41, 5.74) is 1.17. The molecule has 1 aliphatic rings. The zero-order valence-electron chi connectivity index (χ0n) is 15.4. The quantitative estimate of drug-likeness (QED) is 0.328. The van der Waals surface area contributed by atoms with Gasteiger partial charge in [-0.3, -0.25) is 14.5 Å². The first kappa shape index (κ1) is 20.0. The van der Waals surface area contributed by atoms with Crippen LogP contribution in [-0.2, 0) is 9.59 Å². The summed E-state index contributed by atoms with van der Waals surface area (Å²) < 4.78 is 0. The molecule has 2 N–H and O–H groups in total. The van der Waals surface area contributed by atoms with Crippen LogP contribution in [0.3, 0.4) is 0 Å². The van der Waals surface area contributed by atoms with E-state index in [0.29, 0.717) is 26.9 Å². The van der Waals surface area contributed by atoms with E-state index in [1.165, 1.54) is 17.0 Å². The fourth-order valence-electron chi connectivity index (χ4n) is 3.47. The average molecular weight is 440 g/mol. The van der Waals surface area contributed by atoms with E-state index >= 15 is 0 Å². The fourth-order valence-corrected chi connectivity index (χ4v) is 3.73. The van der Waals surface area contributed by atoms with Crippen LogP contribution in [0.25, 0.3) is 5.76 Å². The molecule has 0 aliphatic carbocycles. The van der Waals surface area contributed by atoms with Crippen molar-refractivity contribution < 1.29 is 19.8 Å². The number of aliphatic hydroxyl groups is 1. The lowest BCUT2D eigenvalue weighted by molar-refractivity contribution is -0.132. The van der Waals surface area contributed by atoms with Crippen LogP contribution in [0, 0.1) is 0 Å². The fraction of sp³-hybridized carbons (Fsp3) is 0.0435. The molecule has 3 aromatic rings. The minimum Gasteiger partial charge on any atom is -0.508 e. The van der Waals surface area contributed by atoms with Crippen LogP contribution in [0.5, 0.6) is 5.75 Å². The van der Waals surface area contributed by atoms with Gasteiger partial charge in [-0.15, -0.1) is 0 Å². The Morgan fingerprint density at radius 1 is 0.867 bits per heavy atom. The molecule has 5 nitrogen and oxygen atoms in total. The van der Waals surface area contributed by atoms with Gasteiger partial charge in [0, 0.05) is 21.3 Å². The summed E-state index contributed by atoms with van der Waals surface area (Å²) in [6, 6.07) is 18.0. The number of ketones is 1. The maximum absolute atomic E-state index is 13.0. The number of benzene rings is 3. The van der Waals surface area contributed by atoms with E-state index < -0.39 is 17.7 Å². The van der Waals surface area contributed by atoms with Gasteiger partial charge in [0.15, 0.2) is 0 Å². The molecule has 0 radical (unpaired) electrons. The number of anilines is 1. The van der Waals surface area contributed by atoms with E-state index in [2.05, 4.69) is 0 Å². The molecule has 1 heterocycles. The summed E-state index contributed by atoms with van der Waals surface area (Å²) in [6.45, 7) is 0. The topological polar surface area (TPSA) is 77.8 Å². The Labute approximate surface area is 182 Å². The van der Waals surface area contributed by atoms with E-state index in [-0.39, 0.29) is 17.1 Å². The number of aromatic hydroxyl groups is 1. The first-order chi connectivity index (χ1) is 14.4. The number of carbonyl (C=O) groups excluding carboxylic acids is 2. The molecule has 3 aromatic carbocycles. The molecular formula is C23H15Cl2NO4. The summed E-state index contributed by atoms with van der Waals surface area (Å²) in [5, 5.41) is 21.9. The van der Waals surface area contributed by atoms with Crippen molar-refractivity contribution in [1.29, 1.82) is 0 Å². The van der Waals surface area contributed by atoms with Gasteiger partial charge in [-0.25, -0.2) is 0 Å². The third kappa shape index (κ3) is 3.54. The Morgan fingerprint density at radius 3 is 2.07 bits per heavy atom. The molecular weight excluding hydrogens is 425 g/mol. The highest BCUT2D eigenvalue weighted by molar-refractivity contribution is 6.51. The van der Waals surface area contributed by atoms with Crippen LogP contribution in [0.15, 0.2) is 78.4 Å². The summed E-state index contributed by atoms with van der Waals surface area (Å²) >= 11 is 11.9. The molecule has 1 saturated heterocycles. The number of hydrogen-bond donors (Lipinski definition) is 2. The number of phenolic OH excluding ortho intramolecular Hbond substituents is 1. The predicted octanol–water partition coefficient (Wildman–Crippen LogP) is 5.33. The average Bonchev–Trinajstić information content (AvgIpc) is 3.00. The van der Waals surface area contributed by atoms with Crippen molar-refractivity contribution in [3.8, 4) is 5.75 Å². The third-order valence-corrected chi connectivity index (χ3v) is 5.36. The number of rotatable bonds is 3. The smallest absolute Gasteiger partial charge is 0.300 e. The largest absolute Gasteiger partial charge is 0.508 e. The Hall–Kier alpha value is -3.28. The molecule has 30 heavy (non-hydrogen) atoms. The highest BCUT2D eigenvalue weighted by Gasteiger charge is 2.47. The second-order valence-electron chi connectivity index (χ2n) is 6.75. The number of carbonyl (C=O) groups is 2. The Bertz CT molecular complexity index is 1170. The van der Waals surface area contributed by atoms with Crippen molar-refractivity contribution >= 4 is 46.3 Å². The molecule has 1 fully saturated rings. The molecule has 0 aromatic heterocycles. The lowest BCUT2D eigenvalue weighted by Gasteiger charge is -2.25. The monoisotopic (exact) mass is 439 g/mol. The van der Waals surface area contributed by atoms with Gasteiger partial charge in [0.1, 0.15) is 11.5 Å². The van der Waals surface area contributed by atoms with Crippen LogP contribution in [-0.4, -0.2) is 21.9 Å². The van der Waals surface area contributed by atoms with Gasteiger partial charge in [0.2, 0.25) is 0 Å². The number of aliphatic hydroxyl groups excluding tert-OH is 1. The molecule has 0 spiro atoms. The highest BCUT2D eigenvalue weighted by Crippen LogP contribution is 2.43. The Kier molecular flexibility index (Phi) is 5.24. The predicted molar refractivity (Wildman–Crippen MR) is 116 cm³/mol. The molecule has 1 amide bonds. The Morgan fingerprint density at radius 2 is 1.47 bits per heavy atom. The van der Waals surface area contributed by atoms with Crippen molar-refractivity contribution in [2.45, 2.75) is 6.04 Å². The van der Waals surface area contributed by atoms with Gasteiger partial charge in [-0.2, -0.15) is 0 Å². The zero-order valence-corrected chi connectivity index (χ0v) is 16.9. The number of amides is 1. The number of hydrogen-bond acceptors (Lipinski definition) is 4. The summed E-state index contributed by atoms with van der Waals surface area (Å²) in [6.07, 6.45) is 0. The second-order valence-corrected chi connectivity index (χ2v) is 7.62. The SMILES string of the molecule is O=C1C(=O)N(c2ccc(Cl)cc2)C(c2cccc(O)c2)/C1=C(/O)c1ccc(Cl)cc1. The molecule has 0 saturated carbocycles. The van der Waals surface area contributed by atoms with E-state index in [1.54, 1.807) is 60.7 Å². The maximum Gasteiger partial charge on any atom is 0.300 e. The highest BCUT2D eigenvalue weighted by atomic mass is 35.5. The molecule has 4 rings (SSSR count). The summed E-state index contributed by atoms with van der Waals surface area (Å²) in [4.78, 5) is 27.2. The van der Waals surface area contributed by atoms with Crippen LogP contribution >= 0.6 is 23.2 Å². The van der Waals surface area contributed by atoms with Gasteiger partial charge in [-0.1, -0.05) is 35.3 Å². The van der Waals surface area contributed by atoms with Crippen LogP contribution in [0.4, 0.5) is 5.69 Å². The molecule has 150 valence electrons. The van der Waals surface area contributed by atoms with Crippen molar-refractivity contribution in [3.63, 3.8) is 0 Å². The first-order valence-electron chi connectivity index (χ1n) is 8.98. The number of nitrogens with zero attached hydrogens (tertiary/aromatic N) is 1. The van der Waals surface area contributed by atoms with Crippen molar-refractivity contribution in [3.05, 3.63) is 99.5 Å². The minimum absolute atomic E-state index is 0.0271. The van der Waals surface area contributed by atoms with Crippen LogP contribution in [0.1, 0.15) is 17.2 Å². The summed E-state index contributed by atoms with van der Waals surface area (Å²) in [7, 11) is 0. The molecule has 1 aliphatic heterocycles. The van der Waals surface area contributed by atoms with E-state index in [4.69, 9.17) is 23.2 Å². The van der Waals surface area contributed by atoms with E-state index in [1.807, 2.05) is 0 Å². The number of phenols is 1. The van der Waals surface area contributed by atoms with Gasteiger partial charge in [0.25, 0.3) is 11.7 Å². The second kappa shape index (κ2) is 7.86. The molecule has 0 bridgehead atoms. The molecule has 7 heteroatoms. The normalized spacial score (nSPS) is 18.1. The lowest BCUT2D eigenvalue weighted by atomic mass is 9.95. The zero-order chi connectivity index (χ0) is 21.4. The van der Waals surface area contributed by atoms with Crippen LogP contribution < -0.4 is 4.90 Å². The number of halogens is 2. The van der Waals surface area contributed by atoms with Crippen molar-refractivity contribution in [2.24, 2.45) is 0 Å². The summed E-state index contributed by atoms with van der Waals surface area (Å²) in [5.74, 6) is -1.97. The van der Waals surface area contributed by atoms with E-state index in [0.717, 1.165) is 0 Å². The number of Topliss-reactive ketones (excluding diaryl/α,β-unsaturated/α-hetero) is 1. The molecule has 1 unspecified atom stereocenters. The van der Waals surface area contributed by atoms with Gasteiger partial charge in [0.05, 0.1) is 11.6 Å². The maximum atomic E-state index is 13.0. The standard InChI is InChI=1S/C23H15Cl2NO4/c24-15-6-4-13(5-7-15)21(28)19-20(14-2-1-3-18(27)12-14)26(23(30)22(19)29)17-10-8-16(25)9-11-17/h1-12,20,27-28H/b21-19-. The van der Waals surface area contributed by atoms with Gasteiger partial charge < -0.3 is 10.2 Å². The van der Waals surface area contributed by atoms with Crippen molar-refractivity contribution in [2.75, 3.05) is 4.90 Å². The lowest BCUT2D eigenvalue weighted by Crippen LogP contribution is -2.29. The Balaban J connectivity index is 1.95. The minimum atomic E-state index is -0.936. The van der Waals surface area contributed by atoms with Crippen molar-refractivity contribution in [1.82, 2.24) is 0 Å². The van der Waals surface area contributed by atoms with E-state index in [9.17, 15) is 19.8 Å². The third-order valence-electron chi connectivity index (χ3n) is 4.85. The molecule has 1 atom stereocenters. The van der Waals surface area contributed by atoms with Gasteiger partial charge >= 0.3 is 0 Å². The first-order valence-corrected chi connectivity index (χ1v) is 9.74.